The third-order valence-electron chi connectivity index (χ3n) is 18.3. The van der Waals surface area contributed by atoms with E-state index in [-0.39, 0.29) is 42.4 Å². The molecule has 2 saturated heterocycles. The number of benzene rings is 7. The van der Waals surface area contributed by atoms with Gasteiger partial charge in [0.1, 0.15) is 69.9 Å². The maximum atomic E-state index is 16.2. The van der Waals surface area contributed by atoms with Crippen LogP contribution in [0.1, 0.15) is 94.6 Å². The van der Waals surface area contributed by atoms with Crippen molar-refractivity contribution in [1.29, 1.82) is 5.26 Å². The zero-order valence-electron chi connectivity index (χ0n) is 57.7. The lowest BCUT2D eigenvalue weighted by molar-refractivity contribution is -0.119. The number of amides is 2. The van der Waals surface area contributed by atoms with Crippen LogP contribution in [-0.2, 0) is 53.1 Å². The van der Waals surface area contributed by atoms with Crippen LogP contribution in [0.4, 0.5) is 11.8 Å². The smallest absolute Gasteiger partial charge is 0.475 e. The minimum atomic E-state index is -4.93. The molecule has 104 heavy (non-hydrogen) atoms. The highest BCUT2D eigenvalue weighted by Gasteiger charge is 2.53. The number of methoxy groups -OCH3 is 4. The lowest BCUT2D eigenvalue weighted by Gasteiger charge is -2.40. The van der Waals surface area contributed by atoms with E-state index in [0.29, 0.717) is 72.3 Å². The predicted molar refractivity (Wildman–Crippen MR) is 384 cm³/mol. The number of phosphoric acid groups is 1. The van der Waals surface area contributed by atoms with Crippen molar-refractivity contribution < 1.29 is 65.6 Å². The van der Waals surface area contributed by atoms with Crippen molar-refractivity contribution >= 4 is 65.1 Å². The van der Waals surface area contributed by atoms with Gasteiger partial charge < -0.3 is 43.2 Å². The summed E-state index contributed by atoms with van der Waals surface area (Å²) in [5.74, 6) is 0.308. The van der Waals surface area contributed by atoms with E-state index < -0.39 is 98.2 Å². The Labute approximate surface area is 602 Å². The molecule has 4 aromatic heterocycles. The highest BCUT2D eigenvalue weighted by atomic mass is 32.1. The van der Waals surface area contributed by atoms with Crippen molar-refractivity contribution in [2.24, 2.45) is 11.8 Å². The fourth-order valence-corrected chi connectivity index (χ4v) is 15.1. The summed E-state index contributed by atoms with van der Waals surface area (Å²) in [6.45, 7) is 4.11. The largest absolute Gasteiger partial charge is 0.497 e. The first-order chi connectivity index (χ1) is 50.6. The van der Waals surface area contributed by atoms with Crippen LogP contribution in [0.3, 0.4) is 0 Å². The number of H-pyrrole nitrogens is 1. The molecular formula is C76H74N11O15PS. The first-order valence-electron chi connectivity index (χ1n) is 33.5. The fraction of sp³-hybridized carbons (Fsp3) is 0.289. The minimum absolute atomic E-state index is 0.0167. The van der Waals surface area contributed by atoms with Crippen molar-refractivity contribution in [3.05, 3.63) is 249 Å². The Hall–Kier alpha value is -10.6. The van der Waals surface area contributed by atoms with Crippen molar-refractivity contribution in [1.82, 2.24) is 39.3 Å². The van der Waals surface area contributed by atoms with Crippen LogP contribution in [0, 0.1) is 23.2 Å². The number of nitriles is 1. The van der Waals surface area contributed by atoms with Crippen molar-refractivity contribution in [3.63, 3.8) is 0 Å². The van der Waals surface area contributed by atoms with E-state index >= 15 is 4.57 Å². The molecule has 0 bridgehead atoms. The number of nitrogens with one attached hydrogen (secondary N) is 3. The first-order valence-corrected chi connectivity index (χ1v) is 35.7. The van der Waals surface area contributed by atoms with Gasteiger partial charge in [-0.1, -0.05) is 153 Å². The number of fused-ring (bicyclic) bond motifs is 2. The van der Waals surface area contributed by atoms with Gasteiger partial charge in [0.2, 0.25) is 11.9 Å². The average molecular weight is 1440 g/mol. The fourth-order valence-electron chi connectivity index (χ4n) is 12.9. The number of aromatic amines is 1. The molecule has 13 rings (SSSR count). The first kappa shape index (κ1) is 71.8. The molecule has 11 aromatic rings. The number of anilines is 2. The highest BCUT2D eigenvalue weighted by molar-refractivity contribution is 7.48. The summed E-state index contributed by atoms with van der Waals surface area (Å²) in [7, 11) is 1.40. The van der Waals surface area contributed by atoms with Crippen LogP contribution in [0.25, 0.3) is 22.2 Å². The summed E-state index contributed by atoms with van der Waals surface area (Å²) < 4.78 is 94.1. The van der Waals surface area contributed by atoms with Crippen molar-refractivity contribution in [2.75, 3.05) is 58.9 Å². The average Bonchev–Trinajstić information content (AvgIpc) is 1.45. The maximum Gasteiger partial charge on any atom is 0.475 e. The van der Waals surface area contributed by atoms with Crippen LogP contribution in [-0.4, -0.2) is 124 Å². The second-order valence-corrected chi connectivity index (χ2v) is 27.3. The molecule has 0 saturated carbocycles. The van der Waals surface area contributed by atoms with E-state index in [0.717, 1.165) is 17.1 Å². The number of ether oxygens (including phenoxy) is 8. The molecule has 8 atom stereocenters. The van der Waals surface area contributed by atoms with Crippen LogP contribution < -0.4 is 35.1 Å². The van der Waals surface area contributed by atoms with E-state index in [4.69, 9.17) is 60.8 Å². The number of hydrogen-bond acceptors (Lipinski definition) is 23. The molecule has 3 N–H and O–H groups in total. The normalized spacial score (nSPS) is 18.8. The Bertz CT molecular complexity index is 4840. The van der Waals surface area contributed by atoms with Crippen LogP contribution in [0.15, 0.2) is 199 Å². The summed E-state index contributed by atoms with van der Waals surface area (Å²) in [6.07, 6.45) is -5.58. The molecule has 2 fully saturated rings. The Kier molecular flexibility index (Phi) is 21.8. The maximum absolute atomic E-state index is 16.2. The van der Waals surface area contributed by atoms with E-state index in [1.807, 2.05) is 171 Å². The number of hydrogen-bond donors (Lipinski definition) is 3. The molecular weight excluding hydrogens is 1370 g/mol. The third-order valence-corrected chi connectivity index (χ3v) is 20.8. The van der Waals surface area contributed by atoms with E-state index in [2.05, 4.69) is 42.0 Å². The highest BCUT2D eigenvalue weighted by Crippen LogP contribution is 2.56. The number of nitrogens with zero attached hydrogens (tertiary/aromatic N) is 8. The molecule has 0 radical (unpaired) electrons. The summed E-state index contributed by atoms with van der Waals surface area (Å²) in [5.41, 5.74) is 1.46. The summed E-state index contributed by atoms with van der Waals surface area (Å²) in [4.78, 5) is 57.6. The number of aromatic nitrogens is 8. The van der Waals surface area contributed by atoms with E-state index in [1.165, 1.54) is 11.0 Å². The van der Waals surface area contributed by atoms with Gasteiger partial charge in [-0.3, -0.25) is 38.3 Å². The Morgan fingerprint density at radius 1 is 0.673 bits per heavy atom. The summed E-state index contributed by atoms with van der Waals surface area (Å²) in [6, 6.07) is 60.0. The van der Waals surface area contributed by atoms with E-state index in [9.17, 15) is 19.6 Å². The monoisotopic (exact) mass is 1440 g/mol. The van der Waals surface area contributed by atoms with E-state index in [1.54, 1.807) is 66.6 Å². The Balaban J connectivity index is 0.897. The van der Waals surface area contributed by atoms with Gasteiger partial charge in [0.25, 0.3) is 11.5 Å². The lowest BCUT2D eigenvalue weighted by atomic mass is 9.79. The molecule has 2 aliphatic heterocycles. The van der Waals surface area contributed by atoms with Crippen molar-refractivity contribution in [2.45, 2.75) is 81.6 Å². The van der Waals surface area contributed by atoms with Gasteiger partial charge in [0.05, 0.1) is 77.8 Å². The molecule has 0 spiro atoms. The molecule has 1 unspecified atom stereocenters. The quantitative estimate of drug-likeness (QED) is 0.0223. The zero-order valence-corrected chi connectivity index (χ0v) is 59.4. The van der Waals surface area contributed by atoms with Crippen molar-refractivity contribution in [3.8, 4) is 29.1 Å². The van der Waals surface area contributed by atoms with Gasteiger partial charge in [-0.15, -0.1) is 5.10 Å². The molecule has 7 aromatic carbocycles. The molecule has 6 heterocycles. The van der Waals surface area contributed by atoms with Gasteiger partial charge in [-0.2, -0.15) is 19.3 Å². The Morgan fingerprint density at radius 3 is 1.76 bits per heavy atom. The molecule has 2 aliphatic rings. The van der Waals surface area contributed by atoms with Gasteiger partial charge in [-0.25, -0.2) is 14.5 Å². The second kappa shape index (κ2) is 31.5. The Morgan fingerprint density at radius 2 is 1.21 bits per heavy atom. The molecule has 26 nitrogen and oxygen atoms in total. The third kappa shape index (κ3) is 14.7. The summed E-state index contributed by atoms with van der Waals surface area (Å²) >= 11 is 1.08. The number of phosphoric ester groups is 1. The standard InChI is InChI=1S/C76H74N11O15PS/c1-46(2)70(88)82-74-81-69-65(72(90)83-74)84-86-87(69)73-66(101-76(50-22-15-10-16-23-50,53-28-36-57(94-6)37-29-53)54-30-38-58(95-7)39-31-54)47(3)61(100-73)44-98-103(91,97-41-17-40-77)102-59-42-60(67-63-64(85-104-67)68(79-45-78-63)80-71(89)48-18-11-8-12-19-48)99-62(59)43-96-75(49-20-13-9-14-21-49,51-24-32-55(92-4)33-25-51)52-26-34-56(93-5)35-27-52/h8-16,18-39,45-47,59-62,66,73H,17,41-44H2,1-7H3,(H,78,79,80,89)(H2,81,82,83,88,90)/t47-,59+,60-,61-,62-,66-,73-,103?/m1/s1. The number of rotatable bonds is 29. The van der Waals surface area contributed by atoms with Crippen LogP contribution in [0.5, 0.6) is 23.0 Å². The lowest BCUT2D eigenvalue weighted by Crippen LogP contribution is -2.41. The number of carbonyl (C=O) groups is 2. The predicted octanol–water partition coefficient (Wildman–Crippen LogP) is 12.7. The second-order valence-electron chi connectivity index (χ2n) is 24.9. The molecule has 0 aliphatic carbocycles. The van der Waals surface area contributed by atoms with Gasteiger partial charge in [0.15, 0.2) is 23.2 Å². The summed E-state index contributed by atoms with van der Waals surface area (Å²) in [5, 5.41) is 24.4. The molecule has 534 valence electrons. The number of carbonyl (C=O) groups excluding carboxylic acids is 2. The van der Waals surface area contributed by atoms with Gasteiger partial charge >= 0.3 is 7.82 Å². The van der Waals surface area contributed by atoms with Gasteiger partial charge in [-0.05, 0) is 106 Å². The minimum Gasteiger partial charge on any atom is -0.497 e. The van der Waals surface area contributed by atoms with Crippen LogP contribution >= 0.6 is 19.4 Å². The topological polar surface area (TPSA) is 316 Å². The molecule has 2 amide bonds. The van der Waals surface area contributed by atoms with Crippen LogP contribution in [0.2, 0.25) is 0 Å². The molecule has 28 heteroatoms. The van der Waals surface area contributed by atoms with Gasteiger partial charge in [0, 0.05) is 23.8 Å². The SMILES string of the molecule is COc1ccc(C(OC[C@H]2O[C@@H](c3snc4c(NC(=O)c5ccccc5)ncnc34)C[C@@H]2OP(=O)(OCCC#N)OC[C@H]2O[C@@H](n3nnc4c(=O)[nH]c(NC(=O)C(C)C)nc43)[C@H](OC(c3ccccc3)(c3ccc(OC)cc3)c3ccc(OC)cc3)[C@@H]2C)(c2ccccc2)c2ccc(OC)cc2)cc1. The zero-order chi connectivity index (χ0) is 72.5.